The van der Waals surface area contributed by atoms with Crippen LogP contribution in [0.1, 0.15) is 36.7 Å². The second kappa shape index (κ2) is 6.90. The van der Waals surface area contributed by atoms with E-state index in [-0.39, 0.29) is 29.2 Å². The van der Waals surface area contributed by atoms with E-state index in [1.807, 2.05) is 6.92 Å². The van der Waals surface area contributed by atoms with Crippen LogP contribution in [0.3, 0.4) is 0 Å². The number of carboxylic acid groups (broad SMARTS) is 1. The summed E-state index contributed by atoms with van der Waals surface area (Å²) in [7, 11) is 0. The molecule has 0 aliphatic carbocycles. The SMILES string of the molecule is CC(CCCC(=O)O)NC(=O)c1ccc(Cl)nn1. The molecule has 0 spiro atoms. The molecule has 0 aromatic carbocycles. The van der Waals surface area contributed by atoms with E-state index in [2.05, 4.69) is 15.5 Å². The summed E-state index contributed by atoms with van der Waals surface area (Å²) in [6.45, 7) is 1.81. The van der Waals surface area contributed by atoms with Crippen LogP contribution in [0.25, 0.3) is 0 Å². The zero-order chi connectivity index (χ0) is 13.5. The van der Waals surface area contributed by atoms with E-state index in [1.54, 1.807) is 0 Å². The molecule has 0 aliphatic heterocycles. The number of nitrogens with zero attached hydrogens (tertiary/aromatic N) is 2. The molecule has 1 aromatic heterocycles. The molecule has 0 saturated carbocycles. The van der Waals surface area contributed by atoms with Crippen LogP contribution >= 0.6 is 11.6 Å². The molecule has 0 aliphatic rings. The molecule has 1 amide bonds. The molecule has 0 bridgehead atoms. The van der Waals surface area contributed by atoms with Crippen LogP contribution < -0.4 is 5.32 Å². The first-order valence-corrected chi connectivity index (χ1v) is 5.88. The minimum atomic E-state index is -0.836. The summed E-state index contributed by atoms with van der Waals surface area (Å²) in [6, 6.07) is 2.85. The number of aromatic nitrogens is 2. The Labute approximate surface area is 109 Å². The summed E-state index contributed by atoms with van der Waals surface area (Å²) in [4.78, 5) is 22.0. The fraction of sp³-hybridized carbons (Fsp3) is 0.455. The van der Waals surface area contributed by atoms with Gasteiger partial charge in [-0.15, -0.1) is 10.2 Å². The second-order valence-electron chi connectivity index (χ2n) is 3.90. The van der Waals surface area contributed by atoms with Gasteiger partial charge >= 0.3 is 5.97 Å². The van der Waals surface area contributed by atoms with Crippen LogP contribution in [0.2, 0.25) is 5.15 Å². The molecule has 6 nitrogen and oxygen atoms in total. The number of nitrogens with one attached hydrogen (secondary N) is 1. The van der Waals surface area contributed by atoms with Gasteiger partial charge in [0, 0.05) is 12.5 Å². The van der Waals surface area contributed by atoms with Crippen LogP contribution in [0.5, 0.6) is 0 Å². The average Bonchev–Trinajstić information content (AvgIpc) is 2.29. The lowest BCUT2D eigenvalue weighted by Gasteiger charge is -2.12. The van der Waals surface area contributed by atoms with Gasteiger partial charge in [0.05, 0.1) is 0 Å². The summed E-state index contributed by atoms with van der Waals surface area (Å²) in [6.07, 6.45) is 1.21. The van der Waals surface area contributed by atoms with Crippen molar-refractivity contribution < 1.29 is 14.7 Å². The van der Waals surface area contributed by atoms with Gasteiger partial charge in [-0.25, -0.2) is 0 Å². The monoisotopic (exact) mass is 271 g/mol. The predicted molar refractivity (Wildman–Crippen MR) is 65.5 cm³/mol. The minimum absolute atomic E-state index is 0.0982. The van der Waals surface area contributed by atoms with Gasteiger partial charge in [-0.3, -0.25) is 9.59 Å². The molecule has 0 radical (unpaired) electrons. The third-order valence-electron chi connectivity index (χ3n) is 2.27. The molecular weight excluding hydrogens is 258 g/mol. The predicted octanol–water partition coefficient (Wildman–Crippen LogP) is 1.50. The zero-order valence-corrected chi connectivity index (χ0v) is 10.6. The van der Waals surface area contributed by atoms with Crippen molar-refractivity contribution in [2.45, 2.75) is 32.2 Å². The molecular formula is C11H14ClN3O3. The standard InChI is InChI=1S/C11H14ClN3O3/c1-7(3-2-4-10(16)17)13-11(18)8-5-6-9(12)15-14-8/h5-7H,2-4H2,1H3,(H,13,18)(H,16,17). The van der Waals surface area contributed by atoms with Crippen molar-refractivity contribution >= 4 is 23.5 Å². The van der Waals surface area contributed by atoms with E-state index in [9.17, 15) is 9.59 Å². The molecule has 1 atom stereocenters. The normalized spacial score (nSPS) is 11.9. The highest BCUT2D eigenvalue weighted by Crippen LogP contribution is 2.04. The highest BCUT2D eigenvalue weighted by Gasteiger charge is 2.11. The van der Waals surface area contributed by atoms with Crippen molar-refractivity contribution in [3.8, 4) is 0 Å². The van der Waals surface area contributed by atoms with Gasteiger partial charge in [0.1, 0.15) is 0 Å². The second-order valence-corrected chi connectivity index (χ2v) is 4.29. The number of aliphatic carboxylic acids is 1. The lowest BCUT2D eigenvalue weighted by atomic mass is 10.1. The van der Waals surface area contributed by atoms with Gasteiger partial charge in [-0.05, 0) is 31.9 Å². The van der Waals surface area contributed by atoms with E-state index in [1.165, 1.54) is 12.1 Å². The lowest BCUT2D eigenvalue weighted by Crippen LogP contribution is -2.33. The maximum absolute atomic E-state index is 11.7. The Balaban J connectivity index is 2.39. The highest BCUT2D eigenvalue weighted by atomic mass is 35.5. The van der Waals surface area contributed by atoms with Crippen molar-refractivity contribution in [1.82, 2.24) is 15.5 Å². The number of rotatable bonds is 6. The first kappa shape index (κ1) is 14.4. The molecule has 0 saturated heterocycles. The van der Waals surface area contributed by atoms with Gasteiger partial charge < -0.3 is 10.4 Å². The highest BCUT2D eigenvalue weighted by molar-refractivity contribution is 6.29. The van der Waals surface area contributed by atoms with E-state index < -0.39 is 5.97 Å². The quantitative estimate of drug-likeness (QED) is 0.818. The Hall–Kier alpha value is -1.69. The molecule has 1 unspecified atom stereocenters. The third-order valence-corrected chi connectivity index (χ3v) is 2.47. The summed E-state index contributed by atoms with van der Waals surface area (Å²) in [5, 5.41) is 18.7. The third kappa shape index (κ3) is 5.09. The van der Waals surface area contributed by atoms with Gasteiger partial charge in [-0.1, -0.05) is 11.6 Å². The van der Waals surface area contributed by atoms with Crippen molar-refractivity contribution in [2.24, 2.45) is 0 Å². The number of hydrogen-bond acceptors (Lipinski definition) is 4. The Morgan fingerprint density at radius 2 is 2.17 bits per heavy atom. The van der Waals surface area contributed by atoms with Crippen LogP contribution in [0.15, 0.2) is 12.1 Å². The lowest BCUT2D eigenvalue weighted by molar-refractivity contribution is -0.137. The Kier molecular flexibility index (Phi) is 5.51. The zero-order valence-electron chi connectivity index (χ0n) is 9.89. The van der Waals surface area contributed by atoms with Crippen molar-refractivity contribution in [1.29, 1.82) is 0 Å². The Morgan fingerprint density at radius 1 is 1.44 bits per heavy atom. The van der Waals surface area contributed by atoms with Crippen LogP contribution in [-0.2, 0) is 4.79 Å². The number of amides is 1. The van der Waals surface area contributed by atoms with Crippen LogP contribution in [-0.4, -0.2) is 33.2 Å². The maximum atomic E-state index is 11.7. The molecule has 0 fully saturated rings. The Bertz CT molecular complexity index is 422. The first-order valence-electron chi connectivity index (χ1n) is 5.51. The smallest absolute Gasteiger partial charge is 0.303 e. The van der Waals surface area contributed by atoms with Gasteiger partial charge in [0.25, 0.3) is 5.91 Å². The molecule has 1 aromatic rings. The van der Waals surface area contributed by atoms with Gasteiger partial charge in [0.2, 0.25) is 0 Å². The molecule has 1 rings (SSSR count). The summed E-state index contributed by atoms with van der Waals surface area (Å²) < 4.78 is 0. The van der Waals surface area contributed by atoms with E-state index in [0.29, 0.717) is 12.8 Å². The maximum Gasteiger partial charge on any atom is 0.303 e. The number of carbonyl (C=O) groups is 2. The van der Waals surface area contributed by atoms with Crippen LogP contribution in [0.4, 0.5) is 0 Å². The largest absolute Gasteiger partial charge is 0.481 e. The number of hydrogen-bond donors (Lipinski definition) is 2. The summed E-state index contributed by atoms with van der Waals surface area (Å²) >= 11 is 5.56. The molecule has 98 valence electrons. The van der Waals surface area contributed by atoms with Crippen molar-refractivity contribution in [3.63, 3.8) is 0 Å². The topological polar surface area (TPSA) is 92.2 Å². The molecule has 7 heteroatoms. The fourth-order valence-electron chi connectivity index (χ4n) is 1.37. The van der Waals surface area contributed by atoms with Gasteiger partial charge in [0.15, 0.2) is 10.8 Å². The number of halogens is 1. The van der Waals surface area contributed by atoms with E-state index in [4.69, 9.17) is 16.7 Å². The minimum Gasteiger partial charge on any atom is -0.481 e. The Morgan fingerprint density at radius 3 is 2.72 bits per heavy atom. The summed E-state index contributed by atoms with van der Waals surface area (Å²) in [5.74, 6) is -1.18. The summed E-state index contributed by atoms with van der Waals surface area (Å²) in [5.41, 5.74) is 0.185. The molecule has 18 heavy (non-hydrogen) atoms. The van der Waals surface area contributed by atoms with Crippen molar-refractivity contribution in [3.05, 3.63) is 23.0 Å². The molecule has 1 heterocycles. The van der Waals surface area contributed by atoms with Gasteiger partial charge in [-0.2, -0.15) is 0 Å². The number of carboxylic acids is 1. The van der Waals surface area contributed by atoms with E-state index in [0.717, 1.165) is 0 Å². The first-order chi connectivity index (χ1) is 8.49. The average molecular weight is 272 g/mol. The van der Waals surface area contributed by atoms with Crippen LogP contribution in [0, 0.1) is 0 Å². The number of carbonyl (C=O) groups excluding carboxylic acids is 1. The fourth-order valence-corrected chi connectivity index (χ4v) is 1.47. The van der Waals surface area contributed by atoms with E-state index >= 15 is 0 Å². The molecule has 2 N–H and O–H groups in total. The van der Waals surface area contributed by atoms with Crippen molar-refractivity contribution in [2.75, 3.05) is 0 Å².